The lowest BCUT2D eigenvalue weighted by atomic mass is 10.0. The van der Waals surface area contributed by atoms with Crippen LogP contribution in [0.3, 0.4) is 0 Å². The molecule has 0 radical (unpaired) electrons. The van der Waals surface area contributed by atoms with E-state index >= 15 is 0 Å². The molecule has 0 saturated heterocycles. The van der Waals surface area contributed by atoms with Gasteiger partial charge in [-0.2, -0.15) is 0 Å². The molecule has 2 unspecified atom stereocenters. The second-order valence-electron chi connectivity index (χ2n) is 9.37. The molecule has 0 aliphatic carbocycles. The first-order valence-corrected chi connectivity index (χ1v) is 13.4. The zero-order chi connectivity index (χ0) is 24.4. The Bertz CT molecular complexity index is 752. The first kappa shape index (κ1) is 28.2. The number of aryl methyl sites for hydroxylation is 1. The van der Waals surface area contributed by atoms with Gasteiger partial charge in [0.05, 0.1) is 19.0 Å². The third-order valence-electron chi connectivity index (χ3n) is 6.24. The average molecular weight is 475 g/mol. The van der Waals surface area contributed by atoms with Crippen molar-refractivity contribution in [2.45, 2.75) is 116 Å². The molecule has 0 N–H and O–H groups in total. The molecule has 3 nitrogen and oxygen atoms in total. The SMILES string of the molecule is CCCCCCCCCc1ccc(-c2ncc(OCCC(F)CC(F)CCCCC)cn2)cc1. The van der Waals surface area contributed by atoms with Gasteiger partial charge in [0.15, 0.2) is 11.6 Å². The van der Waals surface area contributed by atoms with E-state index in [0.29, 0.717) is 18.0 Å². The van der Waals surface area contributed by atoms with E-state index in [9.17, 15) is 8.78 Å². The number of benzene rings is 1. The van der Waals surface area contributed by atoms with Crippen LogP contribution in [0.5, 0.6) is 5.75 Å². The van der Waals surface area contributed by atoms with Crippen LogP contribution in [0.15, 0.2) is 36.7 Å². The highest BCUT2D eigenvalue weighted by Crippen LogP contribution is 2.20. The Hall–Kier alpha value is -2.04. The highest BCUT2D eigenvalue weighted by Gasteiger charge is 2.15. The molecule has 0 aliphatic rings. The van der Waals surface area contributed by atoms with Crippen LogP contribution in [0.25, 0.3) is 11.4 Å². The molecule has 190 valence electrons. The van der Waals surface area contributed by atoms with Crippen LogP contribution in [0.1, 0.15) is 103 Å². The minimum absolute atomic E-state index is 0.0442. The number of hydrogen-bond acceptors (Lipinski definition) is 3. The third kappa shape index (κ3) is 11.9. The first-order valence-electron chi connectivity index (χ1n) is 13.4. The highest BCUT2D eigenvalue weighted by atomic mass is 19.1. The van der Waals surface area contributed by atoms with E-state index in [4.69, 9.17) is 4.74 Å². The van der Waals surface area contributed by atoms with Gasteiger partial charge in [-0.05, 0) is 24.8 Å². The standard InChI is InChI=1S/C29H44F2N2O/c1-3-5-7-8-9-10-12-13-24-15-17-25(18-16-24)29-32-22-28(23-33-29)34-20-19-27(31)21-26(30)14-11-6-4-2/h15-18,22-23,26-27H,3-14,19-21H2,1-2H3. The second-order valence-corrected chi connectivity index (χ2v) is 9.37. The Labute approximate surface area is 205 Å². The van der Waals surface area contributed by atoms with Crippen LogP contribution >= 0.6 is 0 Å². The summed E-state index contributed by atoms with van der Waals surface area (Å²) in [7, 11) is 0. The summed E-state index contributed by atoms with van der Waals surface area (Å²) >= 11 is 0. The van der Waals surface area contributed by atoms with Gasteiger partial charge in [-0.3, -0.25) is 0 Å². The van der Waals surface area contributed by atoms with Crippen LogP contribution < -0.4 is 4.74 Å². The topological polar surface area (TPSA) is 35.0 Å². The zero-order valence-corrected chi connectivity index (χ0v) is 21.3. The number of ether oxygens (including phenoxy) is 1. The van der Waals surface area contributed by atoms with Crippen LogP contribution in [0.4, 0.5) is 8.78 Å². The molecule has 5 heteroatoms. The normalized spacial score (nSPS) is 13.1. The summed E-state index contributed by atoms with van der Waals surface area (Å²) in [5.41, 5.74) is 2.31. The Kier molecular flexibility index (Phi) is 14.4. The van der Waals surface area contributed by atoms with Gasteiger partial charge in [0.2, 0.25) is 0 Å². The average Bonchev–Trinajstić information content (AvgIpc) is 2.84. The lowest BCUT2D eigenvalue weighted by Crippen LogP contribution is -2.14. The van der Waals surface area contributed by atoms with E-state index < -0.39 is 12.3 Å². The fourth-order valence-electron chi connectivity index (χ4n) is 4.08. The van der Waals surface area contributed by atoms with Crippen molar-refractivity contribution < 1.29 is 13.5 Å². The lowest BCUT2D eigenvalue weighted by molar-refractivity contribution is 0.174. The minimum atomic E-state index is -1.18. The van der Waals surface area contributed by atoms with Gasteiger partial charge in [-0.25, -0.2) is 18.7 Å². The number of halogens is 2. The number of nitrogens with zero attached hydrogens (tertiary/aromatic N) is 2. The van der Waals surface area contributed by atoms with E-state index in [1.165, 1.54) is 50.5 Å². The molecule has 0 aliphatic heterocycles. The molecule has 0 bridgehead atoms. The fraction of sp³-hybridized carbons (Fsp3) is 0.655. The number of rotatable bonds is 19. The van der Waals surface area contributed by atoms with Gasteiger partial charge in [0, 0.05) is 18.4 Å². The van der Waals surface area contributed by atoms with Crippen LogP contribution in [0.2, 0.25) is 0 Å². The van der Waals surface area contributed by atoms with Crippen molar-refractivity contribution >= 4 is 0 Å². The molecule has 0 spiro atoms. The van der Waals surface area contributed by atoms with Crippen LogP contribution in [0, 0.1) is 0 Å². The van der Waals surface area contributed by atoms with E-state index in [1.807, 2.05) is 0 Å². The van der Waals surface area contributed by atoms with Crippen molar-refractivity contribution in [3.8, 4) is 17.1 Å². The van der Waals surface area contributed by atoms with Gasteiger partial charge in [0.25, 0.3) is 0 Å². The van der Waals surface area contributed by atoms with Crippen molar-refractivity contribution in [1.29, 1.82) is 0 Å². The molecule has 34 heavy (non-hydrogen) atoms. The van der Waals surface area contributed by atoms with E-state index in [-0.39, 0.29) is 19.4 Å². The fourth-order valence-corrected chi connectivity index (χ4v) is 4.08. The Morgan fingerprint density at radius 1 is 0.735 bits per heavy atom. The number of alkyl halides is 2. The summed E-state index contributed by atoms with van der Waals surface area (Å²) in [6.07, 6.45) is 14.8. The largest absolute Gasteiger partial charge is 0.490 e. The molecule has 2 atom stereocenters. The second kappa shape index (κ2) is 17.4. The molecule has 2 rings (SSSR count). The van der Waals surface area contributed by atoms with Gasteiger partial charge in [-0.15, -0.1) is 0 Å². The van der Waals surface area contributed by atoms with Crippen molar-refractivity contribution in [2.75, 3.05) is 6.61 Å². The quantitative estimate of drug-likeness (QED) is 0.191. The van der Waals surface area contributed by atoms with E-state index in [0.717, 1.165) is 31.2 Å². The Balaban J connectivity index is 1.66. The van der Waals surface area contributed by atoms with Gasteiger partial charge in [-0.1, -0.05) is 95.9 Å². The van der Waals surface area contributed by atoms with Crippen LogP contribution in [-0.4, -0.2) is 28.9 Å². The van der Waals surface area contributed by atoms with Crippen molar-refractivity contribution in [3.05, 3.63) is 42.2 Å². The molecule has 0 saturated carbocycles. The maximum absolute atomic E-state index is 14.0. The molecule has 1 aromatic carbocycles. The zero-order valence-electron chi connectivity index (χ0n) is 21.3. The molecular formula is C29H44F2N2O. The van der Waals surface area contributed by atoms with Crippen molar-refractivity contribution in [2.24, 2.45) is 0 Å². The molecule has 2 aromatic rings. The maximum atomic E-state index is 14.0. The molecular weight excluding hydrogens is 430 g/mol. The highest BCUT2D eigenvalue weighted by molar-refractivity contribution is 5.55. The number of unbranched alkanes of at least 4 members (excludes halogenated alkanes) is 8. The van der Waals surface area contributed by atoms with Gasteiger partial charge < -0.3 is 4.74 Å². The monoisotopic (exact) mass is 474 g/mol. The van der Waals surface area contributed by atoms with E-state index in [2.05, 4.69) is 48.1 Å². The Morgan fingerprint density at radius 2 is 1.32 bits per heavy atom. The van der Waals surface area contributed by atoms with Gasteiger partial charge in [0.1, 0.15) is 12.3 Å². The summed E-state index contributed by atoms with van der Waals surface area (Å²) in [6.45, 7) is 4.52. The van der Waals surface area contributed by atoms with Crippen molar-refractivity contribution in [1.82, 2.24) is 9.97 Å². The smallest absolute Gasteiger partial charge is 0.159 e. The predicted molar refractivity (Wildman–Crippen MR) is 138 cm³/mol. The number of hydrogen-bond donors (Lipinski definition) is 0. The minimum Gasteiger partial charge on any atom is -0.490 e. The molecule has 1 heterocycles. The molecule has 1 aromatic heterocycles. The summed E-state index contributed by atoms with van der Waals surface area (Å²) < 4.78 is 33.3. The Morgan fingerprint density at radius 3 is 2.00 bits per heavy atom. The number of aromatic nitrogens is 2. The summed E-state index contributed by atoms with van der Waals surface area (Å²) in [5, 5.41) is 0. The summed E-state index contributed by atoms with van der Waals surface area (Å²) in [4.78, 5) is 8.78. The van der Waals surface area contributed by atoms with Gasteiger partial charge >= 0.3 is 0 Å². The summed E-state index contributed by atoms with van der Waals surface area (Å²) in [6, 6.07) is 8.44. The first-order chi connectivity index (χ1) is 16.6. The van der Waals surface area contributed by atoms with Crippen molar-refractivity contribution in [3.63, 3.8) is 0 Å². The third-order valence-corrected chi connectivity index (χ3v) is 6.24. The lowest BCUT2D eigenvalue weighted by Gasteiger charge is -2.12. The van der Waals surface area contributed by atoms with E-state index in [1.54, 1.807) is 12.4 Å². The maximum Gasteiger partial charge on any atom is 0.159 e. The molecule has 0 fully saturated rings. The molecule has 0 amide bonds. The van der Waals surface area contributed by atoms with Crippen LogP contribution in [-0.2, 0) is 6.42 Å². The predicted octanol–water partition coefficient (Wildman–Crippen LogP) is 8.85. The summed E-state index contributed by atoms with van der Waals surface area (Å²) in [5.74, 6) is 1.15.